The van der Waals surface area contributed by atoms with Crippen molar-refractivity contribution in [3.05, 3.63) is 52.2 Å². The van der Waals surface area contributed by atoms with Crippen LogP contribution in [0.1, 0.15) is 36.2 Å². The molecule has 6 heteroatoms. The Morgan fingerprint density at radius 3 is 2.62 bits per heavy atom. The van der Waals surface area contributed by atoms with E-state index in [0.29, 0.717) is 17.7 Å². The number of ether oxygens (including phenoxy) is 1. The van der Waals surface area contributed by atoms with Gasteiger partial charge in [0.1, 0.15) is 0 Å². The monoisotopic (exact) mass is 345 g/mol. The molecule has 1 atom stereocenters. The summed E-state index contributed by atoms with van der Waals surface area (Å²) in [5.74, 6) is -1.04. The van der Waals surface area contributed by atoms with Gasteiger partial charge in [-0.1, -0.05) is 12.1 Å². The molecule has 1 aromatic heterocycles. The number of hydrogen-bond donors (Lipinski definition) is 1. The van der Waals surface area contributed by atoms with E-state index in [1.807, 2.05) is 16.8 Å². The van der Waals surface area contributed by atoms with Gasteiger partial charge in [-0.2, -0.15) is 11.3 Å². The van der Waals surface area contributed by atoms with Gasteiger partial charge < -0.3 is 10.1 Å². The maximum Gasteiger partial charge on any atom is 0.306 e. The summed E-state index contributed by atoms with van der Waals surface area (Å²) in [6, 6.07) is 8.67. The average molecular weight is 345 g/mol. The van der Waals surface area contributed by atoms with Crippen LogP contribution in [0.15, 0.2) is 41.1 Å². The molecule has 0 radical (unpaired) electrons. The molecule has 24 heavy (non-hydrogen) atoms. The molecule has 0 spiro atoms. The van der Waals surface area contributed by atoms with E-state index < -0.39 is 18.0 Å². The Morgan fingerprint density at radius 2 is 1.96 bits per heavy atom. The molecule has 1 amide bonds. The van der Waals surface area contributed by atoms with E-state index in [1.165, 1.54) is 13.8 Å². The Hall–Kier alpha value is -2.47. The van der Waals surface area contributed by atoms with Crippen LogP contribution in [-0.4, -0.2) is 23.8 Å². The smallest absolute Gasteiger partial charge is 0.306 e. The highest BCUT2D eigenvalue weighted by Crippen LogP contribution is 2.16. The number of benzene rings is 1. The highest BCUT2D eigenvalue weighted by molar-refractivity contribution is 7.07. The Bertz CT molecular complexity index is 724. The van der Waals surface area contributed by atoms with E-state index in [2.05, 4.69) is 5.32 Å². The van der Waals surface area contributed by atoms with Gasteiger partial charge in [0.2, 0.25) is 0 Å². The highest BCUT2D eigenvalue weighted by atomic mass is 32.1. The first-order valence-electron chi connectivity index (χ1n) is 7.58. The van der Waals surface area contributed by atoms with Gasteiger partial charge in [0.05, 0.1) is 5.69 Å². The fourth-order valence-electron chi connectivity index (χ4n) is 2.12. The van der Waals surface area contributed by atoms with Crippen LogP contribution in [0.25, 0.3) is 0 Å². The van der Waals surface area contributed by atoms with Crippen LogP contribution in [-0.2, 0) is 20.7 Å². The van der Waals surface area contributed by atoms with Crippen molar-refractivity contribution in [2.24, 2.45) is 0 Å². The summed E-state index contributed by atoms with van der Waals surface area (Å²) < 4.78 is 5.15. The minimum atomic E-state index is -0.931. The molecule has 1 heterocycles. The van der Waals surface area contributed by atoms with Crippen molar-refractivity contribution in [1.29, 1.82) is 0 Å². The standard InChI is InChI=1S/C18H19NO4S/c1-12(20)15-5-3-4-6-16(15)19-18(22)13(2)23-17(21)8-7-14-9-10-24-11-14/h3-6,9-11,13H,7-8H2,1-2H3,(H,19,22)/t13-/m0/s1. The van der Waals surface area contributed by atoms with Crippen LogP contribution in [0.2, 0.25) is 0 Å². The molecular weight excluding hydrogens is 326 g/mol. The van der Waals surface area contributed by atoms with Gasteiger partial charge in [-0.15, -0.1) is 0 Å². The first-order chi connectivity index (χ1) is 11.5. The molecule has 0 saturated carbocycles. The molecule has 1 aromatic carbocycles. The topological polar surface area (TPSA) is 72.5 Å². The zero-order valence-electron chi connectivity index (χ0n) is 13.6. The van der Waals surface area contributed by atoms with Gasteiger partial charge in [0.25, 0.3) is 5.91 Å². The summed E-state index contributed by atoms with van der Waals surface area (Å²) in [6.07, 6.45) is -0.123. The number of ketones is 1. The minimum Gasteiger partial charge on any atom is -0.453 e. The van der Waals surface area contributed by atoms with Crippen LogP contribution in [0.3, 0.4) is 0 Å². The molecule has 0 saturated heterocycles. The Kier molecular flexibility index (Phi) is 6.26. The second-order valence-corrected chi connectivity index (χ2v) is 6.13. The van der Waals surface area contributed by atoms with Crippen molar-refractivity contribution in [3.8, 4) is 0 Å². The molecule has 0 bridgehead atoms. The summed E-state index contributed by atoms with van der Waals surface area (Å²) in [7, 11) is 0. The fraction of sp³-hybridized carbons (Fsp3) is 0.278. The van der Waals surface area contributed by atoms with Crippen LogP contribution in [0, 0.1) is 0 Å². The number of carbonyl (C=O) groups is 3. The molecule has 5 nitrogen and oxygen atoms in total. The van der Waals surface area contributed by atoms with Gasteiger partial charge in [-0.3, -0.25) is 14.4 Å². The quantitative estimate of drug-likeness (QED) is 0.616. The molecule has 2 aromatic rings. The predicted molar refractivity (Wildman–Crippen MR) is 93.3 cm³/mol. The highest BCUT2D eigenvalue weighted by Gasteiger charge is 2.19. The lowest BCUT2D eigenvalue weighted by atomic mass is 10.1. The summed E-state index contributed by atoms with van der Waals surface area (Å²) >= 11 is 1.57. The van der Waals surface area contributed by atoms with Crippen molar-refractivity contribution in [2.45, 2.75) is 32.8 Å². The number of nitrogens with one attached hydrogen (secondary N) is 1. The fourth-order valence-corrected chi connectivity index (χ4v) is 2.83. The Balaban J connectivity index is 1.88. The van der Waals surface area contributed by atoms with Crippen molar-refractivity contribution < 1.29 is 19.1 Å². The van der Waals surface area contributed by atoms with E-state index in [4.69, 9.17) is 4.74 Å². The van der Waals surface area contributed by atoms with Crippen molar-refractivity contribution in [3.63, 3.8) is 0 Å². The molecule has 126 valence electrons. The van der Waals surface area contributed by atoms with Crippen LogP contribution in [0.5, 0.6) is 0 Å². The zero-order chi connectivity index (χ0) is 17.5. The largest absolute Gasteiger partial charge is 0.453 e. The molecule has 0 aliphatic heterocycles. The number of Topliss-reactive ketones (excluding diaryl/α,β-unsaturated/α-hetero) is 1. The van der Waals surface area contributed by atoms with E-state index in [9.17, 15) is 14.4 Å². The van der Waals surface area contributed by atoms with Crippen LogP contribution >= 0.6 is 11.3 Å². The number of amides is 1. The number of rotatable bonds is 7. The second kappa shape index (κ2) is 8.40. The van der Waals surface area contributed by atoms with Gasteiger partial charge in [-0.25, -0.2) is 0 Å². The lowest BCUT2D eigenvalue weighted by Crippen LogP contribution is -2.30. The third-order valence-corrected chi connectivity index (χ3v) is 4.17. The van der Waals surface area contributed by atoms with Crippen LogP contribution < -0.4 is 5.32 Å². The van der Waals surface area contributed by atoms with Crippen molar-refractivity contribution in [2.75, 3.05) is 5.32 Å². The normalized spacial score (nSPS) is 11.6. The molecule has 0 fully saturated rings. The average Bonchev–Trinajstić information content (AvgIpc) is 3.06. The van der Waals surface area contributed by atoms with E-state index in [0.717, 1.165) is 5.56 Å². The number of carbonyl (C=O) groups excluding carboxylic acids is 3. The lowest BCUT2D eigenvalue weighted by molar-refractivity contribution is -0.153. The number of hydrogen-bond acceptors (Lipinski definition) is 5. The second-order valence-electron chi connectivity index (χ2n) is 5.35. The zero-order valence-corrected chi connectivity index (χ0v) is 14.4. The first-order valence-corrected chi connectivity index (χ1v) is 8.53. The summed E-state index contributed by atoms with van der Waals surface area (Å²) in [5.41, 5.74) is 1.91. The number of thiophene rings is 1. The van der Waals surface area contributed by atoms with Crippen LogP contribution in [0.4, 0.5) is 5.69 Å². The Labute approximate surface area is 144 Å². The van der Waals surface area contributed by atoms with Gasteiger partial charge in [-0.05, 0) is 54.8 Å². The summed E-state index contributed by atoms with van der Waals surface area (Å²) in [6.45, 7) is 2.94. The lowest BCUT2D eigenvalue weighted by Gasteiger charge is -2.15. The SMILES string of the molecule is CC(=O)c1ccccc1NC(=O)[C@H](C)OC(=O)CCc1ccsc1. The van der Waals surface area contributed by atoms with Gasteiger partial charge in [0, 0.05) is 12.0 Å². The maximum atomic E-state index is 12.2. The number of anilines is 1. The van der Waals surface area contributed by atoms with Crippen molar-refractivity contribution >= 4 is 34.7 Å². The number of esters is 1. The molecule has 0 unspecified atom stereocenters. The maximum absolute atomic E-state index is 12.2. The van der Waals surface area contributed by atoms with Crippen molar-refractivity contribution in [1.82, 2.24) is 0 Å². The van der Waals surface area contributed by atoms with E-state index in [-0.39, 0.29) is 12.2 Å². The van der Waals surface area contributed by atoms with Gasteiger partial charge >= 0.3 is 5.97 Å². The van der Waals surface area contributed by atoms with E-state index >= 15 is 0 Å². The number of para-hydroxylation sites is 1. The van der Waals surface area contributed by atoms with Gasteiger partial charge in [0.15, 0.2) is 11.9 Å². The molecule has 0 aliphatic carbocycles. The third-order valence-electron chi connectivity index (χ3n) is 3.44. The van der Waals surface area contributed by atoms with E-state index in [1.54, 1.807) is 35.6 Å². The summed E-state index contributed by atoms with van der Waals surface area (Å²) in [4.78, 5) is 35.5. The third kappa shape index (κ3) is 5.03. The number of aryl methyl sites for hydroxylation is 1. The minimum absolute atomic E-state index is 0.147. The molecule has 2 rings (SSSR count). The first kappa shape index (κ1) is 17.9. The summed E-state index contributed by atoms with van der Waals surface area (Å²) in [5, 5.41) is 6.55. The molecule has 1 N–H and O–H groups in total. The molecule has 0 aliphatic rings. The molecular formula is C18H19NO4S. The predicted octanol–water partition coefficient (Wildman–Crippen LogP) is 3.45. The Morgan fingerprint density at radius 1 is 1.21 bits per heavy atom.